The molecule has 0 aliphatic carbocycles. The minimum atomic E-state index is -3.93. The lowest BCUT2D eigenvalue weighted by molar-refractivity contribution is 0.141. The van der Waals surface area contributed by atoms with Crippen molar-refractivity contribution in [2.45, 2.75) is 30.9 Å². The fraction of sp³-hybridized carbons (Fsp3) is 0.269. The first-order chi connectivity index (χ1) is 15.9. The van der Waals surface area contributed by atoms with Crippen LogP contribution in [0.25, 0.3) is 0 Å². The normalized spacial score (nSPS) is 18.5. The molecule has 0 radical (unpaired) electrons. The van der Waals surface area contributed by atoms with Crippen molar-refractivity contribution in [2.75, 3.05) is 13.7 Å². The molecule has 0 aromatic heterocycles. The van der Waals surface area contributed by atoms with Gasteiger partial charge in [0.05, 0.1) is 18.1 Å². The summed E-state index contributed by atoms with van der Waals surface area (Å²) in [6, 6.07) is 23.6. The molecule has 33 heavy (non-hydrogen) atoms. The van der Waals surface area contributed by atoms with Gasteiger partial charge in [-0.3, -0.25) is 0 Å². The molecule has 0 spiro atoms. The summed E-state index contributed by atoms with van der Waals surface area (Å²) in [7, 11) is -2.31. The van der Waals surface area contributed by atoms with Crippen LogP contribution in [0.15, 0.2) is 88.2 Å². The first-order valence-electron chi connectivity index (χ1n) is 10.9. The number of sulfonamides is 1. The molecular formula is C26H28N2O4S. The fourth-order valence-corrected chi connectivity index (χ4v) is 5.16. The number of hydrogen-bond acceptors (Lipinski definition) is 4. The van der Waals surface area contributed by atoms with Gasteiger partial charge < -0.3 is 14.7 Å². The number of aliphatic hydroxyl groups is 1. The first kappa shape index (κ1) is 23.0. The summed E-state index contributed by atoms with van der Waals surface area (Å²) in [6.45, 7) is 3.00. The summed E-state index contributed by atoms with van der Waals surface area (Å²) in [4.78, 5) is 2.09. The Morgan fingerprint density at radius 1 is 1.03 bits per heavy atom. The van der Waals surface area contributed by atoms with Crippen LogP contribution in [-0.2, 0) is 16.6 Å². The molecular weight excluding hydrogens is 436 g/mol. The molecule has 1 N–H and O–H groups in total. The summed E-state index contributed by atoms with van der Waals surface area (Å²) >= 11 is 0. The average molecular weight is 465 g/mol. The lowest BCUT2D eigenvalue weighted by Gasteiger charge is -2.24. The van der Waals surface area contributed by atoms with E-state index < -0.39 is 22.0 Å². The third-order valence-electron chi connectivity index (χ3n) is 5.95. The van der Waals surface area contributed by atoms with Crippen molar-refractivity contribution in [2.24, 2.45) is 10.3 Å². The lowest BCUT2D eigenvalue weighted by atomic mass is 9.94. The van der Waals surface area contributed by atoms with Gasteiger partial charge in [-0.25, -0.2) is 0 Å². The van der Waals surface area contributed by atoms with E-state index in [0.29, 0.717) is 25.3 Å². The van der Waals surface area contributed by atoms with E-state index in [0.717, 1.165) is 22.4 Å². The maximum absolute atomic E-state index is 13.2. The Kier molecular flexibility index (Phi) is 6.81. The Bertz CT molecular complexity index is 1210. The third-order valence-corrected chi connectivity index (χ3v) is 7.25. The molecule has 3 aromatic carbocycles. The molecule has 1 saturated heterocycles. The smallest absolute Gasteiger partial charge is 0.283 e. The summed E-state index contributed by atoms with van der Waals surface area (Å²) in [5, 5.41) is 11.1. The van der Waals surface area contributed by atoms with Crippen LogP contribution in [0.2, 0.25) is 0 Å². The molecule has 1 heterocycles. The van der Waals surface area contributed by atoms with Gasteiger partial charge in [0.25, 0.3) is 10.0 Å². The van der Waals surface area contributed by atoms with E-state index in [4.69, 9.17) is 4.74 Å². The number of methoxy groups -OCH3 is 1. The second-order valence-electron chi connectivity index (χ2n) is 8.26. The van der Waals surface area contributed by atoms with E-state index in [1.165, 1.54) is 0 Å². The third kappa shape index (κ3) is 5.26. The maximum Gasteiger partial charge on any atom is 0.283 e. The number of aliphatic hydroxyl groups excluding tert-OH is 1. The Labute approximate surface area is 195 Å². The van der Waals surface area contributed by atoms with E-state index in [9.17, 15) is 13.5 Å². The number of rotatable bonds is 7. The molecule has 2 atom stereocenters. The summed E-state index contributed by atoms with van der Waals surface area (Å²) < 4.78 is 35.9. The topological polar surface area (TPSA) is 79.2 Å². The SMILES string of the molecule is COc1ccc(CN2CC[C@H]([C@@H](O)c3ccccc3)/C2=N/S(=O)(=O)c2ccc(C)cc2)cc1. The monoisotopic (exact) mass is 464 g/mol. The van der Waals surface area contributed by atoms with Crippen molar-refractivity contribution in [1.29, 1.82) is 0 Å². The Balaban J connectivity index is 1.70. The van der Waals surface area contributed by atoms with Crippen molar-refractivity contribution < 1.29 is 18.3 Å². The highest BCUT2D eigenvalue weighted by atomic mass is 32.2. The van der Waals surface area contributed by atoms with Crippen LogP contribution in [-0.4, -0.2) is 37.9 Å². The zero-order valence-corrected chi connectivity index (χ0v) is 19.6. The van der Waals surface area contributed by atoms with Gasteiger partial charge in [0.2, 0.25) is 0 Å². The Hall–Kier alpha value is -3.16. The molecule has 0 saturated carbocycles. The molecule has 0 amide bonds. The van der Waals surface area contributed by atoms with Crippen molar-refractivity contribution in [3.8, 4) is 5.75 Å². The van der Waals surface area contributed by atoms with Gasteiger partial charge in [0.1, 0.15) is 11.6 Å². The minimum absolute atomic E-state index is 0.143. The molecule has 7 heteroatoms. The largest absolute Gasteiger partial charge is 0.497 e. The molecule has 172 valence electrons. The van der Waals surface area contributed by atoms with Crippen LogP contribution >= 0.6 is 0 Å². The molecule has 3 aromatic rings. The summed E-state index contributed by atoms with van der Waals surface area (Å²) in [5.41, 5.74) is 2.72. The molecule has 0 bridgehead atoms. The van der Waals surface area contributed by atoms with E-state index >= 15 is 0 Å². The standard InChI is InChI=1S/C26H28N2O4S/c1-19-8-14-23(15-9-19)33(30,31)27-26-24(25(29)21-6-4-3-5-7-21)16-17-28(26)18-20-10-12-22(32-2)13-11-20/h3-15,24-25,29H,16-18H2,1-2H3/b27-26-/t24-,25+/m1/s1. The van der Waals surface area contributed by atoms with Crippen LogP contribution in [0.1, 0.15) is 29.2 Å². The van der Waals surface area contributed by atoms with Crippen molar-refractivity contribution in [3.63, 3.8) is 0 Å². The Morgan fingerprint density at radius 3 is 2.33 bits per heavy atom. The van der Waals surface area contributed by atoms with E-state index in [-0.39, 0.29) is 4.90 Å². The molecule has 1 fully saturated rings. The van der Waals surface area contributed by atoms with Gasteiger partial charge in [-0.05, 0) is 48.7 Å². The molecule has 6 nitrogen and oxygen atoms in total. The zero-order valence-electron chi connectivity index (χ0n) is 18.8. The van der Waals surface area contributed by atoms with Crippen LogP contribution in [0, 0.1) is 12.8 Å². The number of hydrogen-bond donors (Lipinski definition) is 1. The summed E-state index contributed by atoms with van der Waals surface area (Å²) in [6.07, 6.45) is -0.242. The van der Waals surface area contributed by atoms with Crippen LogP contribution < -0.4 is 4.74 Å². The van der Waals surface area contributed by atoms with Crippen molar-refractivity contribution >= 4 is 15.9 Å². The molecule has 4 rings (SSSR count). The number of aryl methyl sites for hydroxylation is 1. The average Bonchev–Trinajstić information content (AvgIpc) is 3.21. The molecule has 1 aliphatic heterocycles. The van der Waals surface area contributed by atoms with E-state index in [1.54, 1.807) is 31.4 Å². The second-order valence-corrected chi connectivity index (χ2v) is 9.86. The molecule has 0 unspecified atom stereocenters. The highest BCUT2D eigenvalue weighted by molar-refractivity contribution is 7.90. The van der Waals surface area contributed by atoms with Crippen LogP contribution in [0.3, 0.4) is 0 Å². The number of ether oxygens (including phenoxy) is 1. The van der Waals surface area contributed by atoms with Crippen LogP contribution in [0.5, 0.6) is 5.75 Å². The summed E-state index contributed by atoms with van der Waals surface area (Å²) in [5.74, 6) is 0.724. The van der Waals surface area contributed by atoms with Crippen molar-refractivity contribution in [1.82, 2.24) is 4.90 Å². The predicted octanol–water partition coefficient (Wildman–Crippen LogP) is 4.35. The highest BCUT2D eigenvalue weighted by Gasteiger charge is 2.37. The van der Waals surface area contributed by atoms with E-state index in [2.05, 4.69) is 4.40 Å². The van der Waals surface area contributed by atoms with Gasteiger partial charge in [0, 0.05) is 19.0 Å². The maximum atomic E-state index is 13.2. The van der Waals surface area contributed by atoms with Gasteiger partial charge in [-0.2, -0.15) is 8.42 Å². The van der Waals surface area contributed by atoms with Gasteiger partial charge >= 0.3 is 0 Å². The number of nitrogens with zero attached hydrogens (tertiary/aromatic N) is 2. The van der Waals surface area contributed by atoms with Gasteiger partial charge in [-0.15, -0.1) is 4.40 Å². The zero-order chi connectivity index (χ0) is 23.4. The van der Waals surface area contributed by atoms with Crippen molar-refractivity contribution in [3.05, 3.63) is 95.6 Å². The fourth-order valence-electron chi connectivity index (χ4n) is 4.08. The molecule has 1 aliphatic rings. The van der Waals surface area contributed by atoms with Gasteiger partial charge in [0.15, 0.2) is 0 Å². The lowest BCUT2D eigenvalue weighted by Crippen LogP contribution is -2.30. The van der Waals surface area contributed by atoms with Gasteiger partial charge in [-0.1, -0.05) is 60.2 Å². The number of likely N-dealkylation sites (tertiary alicyclic amines) is 1. The number of amidine groups is 1. The first-order valence-corrected chi connectivity index (χ1v) is 12.3. The van der Waals surface area contributed by atoms with Crippen LogP contribution in [0.4, 0.5) is 0 Å². The minimum Gasteiger partial charge on any atom is -0.497 e. The quantitative estimate of drug-likeness (QED) is 0.563. The predicted molar refractivity (Wildman–Crippen MR) is 129 cm³/mol. The Morgan fingerprint density at radius 2 is 1.70 bits per heavy atom. The number of benzene rings is 3. The van der Waals surface area contributed by atoms with E-state index in [1.807, 2.05) is 66.4 Å². The second kappa shape index (κ2) is 9.77. The highest BCUT2D eigenvalue weighted by Crippen LogP contribution is 2.34.